The van der Waals surface area contributed by atoms with Crippen molar-refractivity contribution in [2.45, 2.75) is 17.0 Å². The first-order chi connectivity index (χ1) is 19.4. The van der Waals surface area contributed by atoms with Gasteiger partial charge in [-0.15, -0.1) is 11.3 Å². The van der Waals surface area contributed by atoms with Gasteiger partial charge in [-0.2, -0.15) is 0 Å². The molecule has 198 valence electrons. The maximum absolute atomic E-state index is 12.6. The number of nitrogens with one attached hydrogen (secondary N) is 2. The predicted octanol–water partition coefficient (Wildman–Crippen LogP) is 7.70. The Morgan fingerprint density at radius 2 is 1.52 bits per heavy atom. The standard InChI is InChI=1S/C32H25N3O3S2/c1-21(36)24-12-14-26(15-13-24)34-31(38)25-10-7-23(8-11-25)20-39-32-35-28-17-16-27(19-29(28)40-32)33-30(37)18-9-22-5-3-2-4-6-22/h2-19H,20H2,1H3,(H,33,37)(H,34,38)/b18-9+. The quantitative estimate of drug-likeness (QED) is 0.109. The molecule has 0 aliphatic rings. The zero-order valence-electron chi connectivity index (χ0n) is 21.6. The molecule has 2 amide bonds. The van der Waals surface area contributed by atoms with Crippen LogP contribution >= 0.6 is 23.1 Å². The molecule has 2 N–H and O–H groups in total. The van der Waals surface area contributed by atoms with Gasteiger partial charge < -0.3 is 10.6 Å². The van der Waals surface area contributed by atoms with E-state index in [4.69, 9.17) is 4.98 Å². The van der Waals surface area contributed by atoms with Crippen LogP contribution in [0.25, 0.3) is 16.3 Å². The highest BCUT2D eigenvalue weighted by molar-refractivity contribution is 8.00. The van der Waals surface area contributed by atoms with Crippen LogP contribution in [0.1, 0.15) is 38.8 Å². The minimum absolute atomic E-state index is 0.0155. The average molecular weight is 564 g/mol. The van der Waals surface area contributed by atoms with Crippen molar-refractivity contribution in [1.82, 2.24) is 4.98 Å². The predicted molar refractivity (Wildman–Crippen MR) is 164 cm³/mol. The second-order valence-corrected chi connectivity index (χ2v) is 11.2. The molecule has 6 nitrogen and oxygen atoms in total. The van der Waals surface area contributed by atoms with Crippen LogP contribution in [-0.2, 0) is 10.5 Å². The molecule has 1 aromatic heterocycles. The Kier molecular flexibility index (Phi) is 8.49. The van der Waals surface area contributed by atoms with Crippen LogP contribution < -0.4 is 10.6 Å². The molecule has 0 bridgehead atoms. The summed E-state index contributed by atoms with van der Waals surface area (Å²) in [6, 6.07) is 29.7. The van der Waals surface area contributed by atoms with Gasteiger partial charge in [0.15, 0.2) is 10.1 Å². The third-order valence-electron chi connectivity index (χ3n) is 5.99. The molecular weight excluding hydrogens is 539 g/mol. The smallest absolute Gasteiger partial charge is 0.255 e. The van der Waals surface area contributed by atoms with Crippen LogP contribution in [0.15, 0.2) is 107 Å². The lowest BCUT2D eigenvalue weighted by Crippen LogP contribution is -2.11. The van der Waals surface area contributed by atoms with Crippen LogP contribution in [0.5, 0.6) is 0 Å². The van der Waals surface area contributed by atoms with Gasteiger partial charge in [0.2, 0.25) is 5.91 Å². The van der Waals surface area contributed by atoms with Crippen LogP contribution in [-0.4, -0.2) is 22.6 Å². The molecule has 0 aliphatic carbocycles. The number of Topliss-reactive ketones (excluding diaryl/α,β-unsaturated/α-hetero) is 1. The van der Waals surface area contributed by atoms with Crippen LogP contribution in [0.4, 0.5) is 11.4 Å². The van der Waals surface area contributed by atoms with Crippen LogP contribution in [0.2, 0.25) is 0 Å². The first-order valence-corrected chi connectivity index (χ1v) is 14.3. The highest BCUT2D eigenvalue weighted by atomic mass is 32.2. The van der Waals surface area contributed by atoms with Crippen molar-refractivity contribution in [3.05, 3.63) is 125 Å². The van der Waals surface area contributed by atoms with Gasteiger partial charge in [-0.05, 0) is 78.7 Å². The summed E-state index contributed by atoms with van der Waals surface area (Å²) in [5.41, 5.74) is 5.44. The maximum atomic E-state index is 12.6. The number of anilines is 2. The van der Waals surface area contributed by atoms with Gasteiger partial charge >= 0.3 is 0 Å². The first kappa shape index (κ1) is 27.1. The molecule has 0 atom stereocenters. The van der Waals surface area contributed by atoms with Crippen molar-refractivity contribution in [2.24, 2.45) is 0 Å². The summed E-state index contributed by atoms with van der Waals surface area (Å²) in [5.74, 6) is 0.297. The van der Waals surface area contributed by atoms with Crippen molar-refractivity contribution in [3.63, 3.8) is 0 Å². The summed E-state index contributed by atoms with van der Waals surface area (Å²) in [7, 11) is 0. The number of aromatic nitrogens is 1. The van der Waals surface area contributed by atoms with E-state index >= 15 is 0 Å². The Morgan fingerprint density at radius 3 is 2.25 bits per heavy atom. The number of nitrogens with zero attached hydrogens (tertiary/aromatic N) is 1. The number of benzene rings is 4. The largest absolute Gasteiger partial charge is 0.322 e. The number of amides is 2. The Hall–Kier alpha value is -4.53. The van der Waals surface area contributed by atoms with E-state index in [0.717, 1.165) is 31.4 Å². The summed E-state index contributed by atoms with van der Waals surface area (Å²) in [6.45, 7) is 1.51. The second-order valence-electron chi connectivity index (χ2n) is 8.97. The number of rotatable bonds is 9. The Labute approximate surface area is 240 Å². The van der Waals surface area contributed by atoms with E-state index in [2.05, 4.69) is 10.6 Å². The molecule has 0 saturated carbocycles. The second kappa shape index (κ2) is 12.5. The number of carbonyl (C=O) groups excluding carboxylic acids is 3. The molecule has 5 rings (SSSR count). The van der Waals surface area contributed by atoms with Crippen molar-refractivity contribution >= 4 is 68.4 Å². The number of carbonyl (C=O) groups is 3. The van der Waals surface area contributed by atoms with E-state index in [9.17, 15) is 14.4 Å². The van der Waals surface area contributed by atoms with Gasteiger partial charge in [0, 0.05) is 34.3 Å². The summed E-state index contributed by atoms with van der Waals surface area (Å²) >= 11 is 3.20. The van der Waals surface area contributed by atoms with Crippen LogP contribution in [0, 0.1) is 0 Å². The fourth-order valence-corrected chi connectivity index (χ4v) is 5.92. The maximum Gasteiger partial charge on any atom is 0.255 e. The first-order valence-electron chi connectivity index (χ1n) is 12.5. The molecular formula is C32H25N3O3S2. The van der Waals surface area contributed by atoms with E-state index in [1.165, 1.54) is 13.0 Å². The SMILES string of the molecule is CC(=O)c1ccc(NC(=O)c2ccc(CSc3nc4ccc(NC(=O)/C=C/c5ccccc5)cc4s3)cc2)cc1. The molecule has 40 heavy (non-hydrogen) atoms. The van der Waals surface area contributed by atoms with Crippen molar-refractivity contribution in [3.8, 4) is 0 Å². The van der Waals surface area contributed by atoms with Crippen molar-refractivity contribution in [1.29, 1.82) is 0 Å². The topological polar surface area (TPSA) is 88.2 Å². The minimum Gasteiger partial charge on any atom is -0.322 e. The van der Waals surface area contributed by atoms with E-state index in [1.54, 1.807) is 65.6 Å². The number of hydrogen-bond donors (Lipinski definition) is 2. The van der Waals surface area contributed by atoms with Gasteiger partial charge in [-0.3, -0.25) is 14.4 Å². The van der Waals surface area contributed by atoms with Gasteiger partial charge in [-0.25, -0.2) is 4.98 Å². The van der Waals surface area contributed by atoms with E-state index in [1.807, 2.05) is 60.7 Å². The van der Waals surface area contributed by atoms with Crippen molar-refractivity contribution < 1.29 is 14.4 Å². The summed E-state index contributed by atoms with van der Waals surface area (Å²) in [5, 5.41) is 5.76. The molecule has 0 radical (unpaired) electrons. The molecule has 8 heteroatoms. The third-order valence-corrected chi connectivity index (χ3v) is 8.22. The molecule has 0 unspecified atom stereocenters. The summed E-state index contributed by atoms with van der Waals surface area (Å²) in [4.78, 5) is 41.0. The number of ketones is 1. The number of thioether (sulfide) groups is 1. The molecule has 0 fully saturated rings. The molecule has 0 spiro atoms. The Balaban J connectivity index is 1.15. The van der Waals surface area contributed by atoms with Gasteiger partial charge in [-0.1, -0.05) is 54.2 Å². The minimum atomic E-state index is -0.209. The summed E-state index contributed by atoms with van der Waals surface area (Å²) < 4.78 is 1.92. The molecule has 0 saturated heterocycles. The van der Waals surface area contributed by atoms with Gasteiger partial charge in [0.05, 0.1) is 10.2 Å². The number of thiazole rings is 1. The van der Waals surface area contributed by atoms with Crippen LogP contribution in [0.3, 0.4) is 0 Å². The molecule has 0 aliphatic heterocycles. The fraction of sp³-hybridized carbons (Fsp3) is 0.0625. The zero-order chi connectivity index (χ0) is 27.9. The Morgan fingerprint density at radius 1 is 0.825 bits per heavy atom. The average Bonchev–Trinajstić information content (AvgIpc) is 3.38. The Bertz CT molecular complexity index is 1690. The highest BCUT2D eigenvalue weighted by Crippen LogP contribution is 2.33. The third kappa shape index (κ3) is 7.11. The number of fused-ring (bicyclic) bond motifs is 1. The van der Waals surface area contributed by atoms with E-state index < -0.39 is 0 Å². The lowest BCUT2D eigenvalue weighted by Gasteiger charge is -2.07. The molecule has 1 heterocycles. The zero-order valence-corrected chi connectivity index (χ0v) is 23.2. The number of hydrogen-bond acceptors (Lipinski definition) is 6. The fourth-order valence-electron chi connectivity index (χ4n) is 3.85. The lowest BCUT2D eigenvalue weighted by atomic mass is 10.1. The molecule has 4 aromatic carbocycles. The summed E-state index contributed by atoms with van der Waals surface area (Å²) in [6.07, 6.45) is 3.30. The van der Waals surface area contributed by atoms with E-state index in [-0.39, 0.29) is 17.6 Å². The molecule has 5 aromatic rings. The monoisotopic (exact) mass is 563 g/mol. The normalized spacial score (nSPS) is 11.0. The lowest BCUT2D eigenvalue weighted by molar-refractivity contribution is -0.111. The van der Waals surface area contributed by atoms with E-state index in [0.29, 0.717) is 22.6 Å². The van der Waals surface area contributed by atoms with Crippen molar-refractivity contribution in [2.75, 3.05) is 10.6 Å². The highest BCUT2D eigenvalue weighted by Gasteiger charge is 2.10. The van der Waals surface area contributed by atoms with Gasteiger partial charge in [0.25, 0.3) is 5.91 Å². The van der Waals surface area contributed by atoms with Gasteiger partial charge in [0.1, 0.15) is 0 Å².